The summed E-state index contributed by atoms with van der Waals surface area (Å²) in [6.07, 6.45) is -1.63. The van der Waals surface area contributed by atoms with Gasteiger partial charge in [0, 0.05) is 16.8 Å². The van der Waals surface area contributed by atoms with Crippen LogP contribution in [0.5, 0.6) is 0 Å². The Labute approximate surface area is 56.3 Å². The molecule has 0 spiro atoms. The van der Waals surface area contributed by atoms with E-state index in [4.69, 9.17) is 15.3 Å². The number of aliphatic hydroxyl groups excluding tert-OH is 2. The minimum atomic E-state index is -1.63. The van der Waals surface area contributed by atoms with Gasteiger partial charge in [0.25, 0.3) is 0 Å². The van der Waals surface area contributed by atoms with Crippen LogP contribution in [-0.2, 0) is 21.6 Å². The van der Waals surface area contributed by atoms with E-state index in [-0.39, 0.29) is 16.8 Å². The molecule has 8 heavy (non-hydrogen) atoms. The molecule has 4 nitrogen and oxygen atoms in total. The second-order valence-corrected chi connectivity index (χ2v) is 1.04. The van der Waals surface area contributed by atoms with Crippen LogP contribution >= 0.6 is 0 Å². The normalized spacial score (nSPS) is 11.8. The van der Waals surface area contributed by atoms with Crippen molar-refractivity contribution >= 4 is 5.97 Å². The summed E-state index contributed by atoms with van der Waals surface area (Å²) in [6.45, 7) is -0.727. The maximum absolute atomic E-state index is 9.52. The minimum Gasteiger partial charge on any atom is -0.479 e. The molecule has 1 radical (unpaired) electrons. The monoisotopic (exact) mass is 165 g/mol. The fraction of sp³-hybridized carbons (Fsp3) is 0.667. The second-order valence-electron chi connectivity index (χ2n) is 1.04. The first-order valence-electron chi connectivity index (χ1n) is 1.70. The van der Waals surface area contributed by atoms with Crippen LogP contribution in [0.2, 0.25) is 0 Å². The fourth-order valence-electron chi connectivity index (χ4n) is 0.0781. The summed E-state index contributed by atoms with van der Waals surface area (Å²) in [5.41, 5.74) is 0. The Hall–Kier alpha value is -0.104. The summed E-state index contributed by atoms with van der Waals surface area (Å²) in [5, 5.41) is 23.7. The fourth-order valence-corrected chi connectivity index (χ4v) is 0.0781. The van der Waals surface area contributed by atoms with Gasteiger partial charge in [0.2, 0.25) is 0 Å². The summed E-state index contributed by atoms with van der Waals surface area (Å²) in [7, 11) is 0. The van der Waals surface area contributed by atoms with E-state index in [1.54, 1.807) is 0 Å². The van der Waals surface area contributed by atoms with Crippen molar-refractivity contribution < 1.29 is 36.9 Å². The molecule has 0 heterocycles. The van der Waals surface area contributed by atoms with Crippen LogP contribution in [-0.4, -0.2) is 34.0 Å². The van der Waals surface area contributed by atoms with Crippen molar-refractivity contribution in [1.82, 2.24) is 0 Å². The second kappa shape index (κ2) is 5.04. The van der Waals surface area contributed by atoms with E-state index in [1.165, 1.54) is 0 Å². The van der Waals surface area contributed by atoms with E-state index in [2.05, 4.69) is 0 Å². The number of aliphatic hydroxyl groups is 2. The van der Waals surface area contributed by atoms with Crippen molar-refractivity contribution in [3.63, 3.8) is 0 Å². The van der Waals surface area contributed by atoms with Crippen LogP contribution < -0.4 is 0 Å². The van der Waals surface area contributed by atoms with E-state index < -0.39 is 18.7 Å². The number of rotatable bonds is 2. The third-order valence-corrected chi connectivity index (χ3v) is 0.458. The molecule has 0 aromatic rings. The molecule has 5 heteroatoms. The van der Waals surface area contributed by atoms with Crippen LogP contribution in [0.25, 0.3) is 0 Å². The number of hydrogen-bond acceptors (Lipinski definition) is 3. The molecule has 0 aromatic carbocycles. The molecular formula is C3H6CoO4. The molecule has 1 atom stereocenters. The third-order valence-electron chi connectivity index (χ3n) is 0.458. The predicted molar refractivity (Wildman–Crippen MR) is 20.7 cm³/mol. The van der Waals surface area contributed by atoms with Gasteiger partial charge >= 0.3 is 5.97 Å². The van der Waals surface area contributed by atoms with Crippen molar-refractivity contribution in [2.75, 3.05) is 6.61 Å². The molecule has 51 valence electrons. The maximum atomic E-state index is 9.52. The molecule has 1 unspecified atom stereocenters. The summed E-state index contributed by atoms with van der Waals surface area (Å²) < 4.78 is 0. The molecule has 0 fully saturated rings. The van der Waals surface area contributed by atoms with Crippen molar-refractivity contribution in [2.24, 2.45) is 0 Å². The average molecular weight is 165 g/mol. The Kier molecular flexibility index (Phi) is 6.81. The molecule has 0 saturated heterocycles. The maximum Gasteiger partial charge on any atom is 0.334 e. The quantitative estimate of drug-likeness (QED) is 0.461. The van der Waals surface area contributed by atoms with Crippen LogP contribution in [0.15, 0.2) is 0 Å². The van der Waals surface area contributed by atoms with Crippen molar-refractivity contribution in [3.05, 3.63) is 0 Å². The smallest absolute Gasteiger partial charge is 0.334 e. The van der Waals surface area contributed by atoms with Crippen LogP contribution in [0.1, 0.15) is 0 Å². The van der Waals surface area contributed by atoms with Gasteiger partial charge in [-0.1, -0.05) is 0 Å². The van der Waals surface area contributed by atoms with Gasteiger partial charge in [-0.15, -0.1) is 0 Å². The van der Waals surface area contributed by atoms with E-state index in [1.807, 2.05) is 0 Å². The van der Waals surface area contributed by atoms with Gasteiger partial charge in [-0.05, 0) is 0 Å². The van der Waals surface area contributed by atoms with E-state index in [9.17, 15) is 4.79 Å². The van der Waals surface area contributed by atoms with Gasteiger partial charge in [-0.25, -0.2) is 4.79 Å². The molecule has 0 aliphatic rings. The summed E-state index contributed by atoms with van der Waals surface area (Å²) in [4.78, 5) is 9.52. The molecule has 0 rings (SSSR count). The van der Waals surface area contributed by atoms with Gasteiger partial charge in [-0.2, -0.15) is 0 Å². The Morgan fingerprint density at radius 2 is 2.00 bits per heavy atom. The topological polar surface area (TPSA) is 77.8 Å². The summed E-state index contributed by atoms with van der Waals surface area (Å²) in [6, 6.07) is 0. The van der Waals surface area contributed by atoms with E-state index in [0.717, 1.165) is 0 Å². The number of hydrogen-bond donors (Lipinski definition) is 3. The Bertz CT molecular complexity index is 73.7. The number of aliphatic carboxylic acids is 1. The molecule has 0 bridgehead atoms. The summed E-state index contributed by atoms with van der Waals surface area (Å²) >= 11 is 0. The summed E-state index contributed by atoms with van der Waals surface area (Å²) in [5.74, 6) is -1.40. The first-order chi connectivity index (χ1) is 3.18. The molecule has 0 amide bonds. The molecule has 0 aliphatic heterocycles. The largest absolute Gasteiger partial charge is 0.479 e. The van der Waals surface area contributed by atoms with Gasteiger partial charge in [-0.3, -0.25) is 0 Å². The van der Waals surface area contributed by atoms with Gasteiger partial charge in [0.15, 0.2) is 6.10 Å². The number of carboxylic acids is 1. The van der Waals surface area contributed by atoms with Crippen LogP contribution in [0, 0.1) is 0 Å². The molecular weight excluding hydrogens is 159 g/mol. The first-order valence-corrected chi connectivity index (χ1v) is 1.70. The van der Waals surface area contributed by atoms with E-state index >= 15 is 0 Å². The predicted octanol–water partition coefficient (Wildman–Crippen LogP) is -1.58. The Balaban J connectivity index is 0. The third kappa shape index (κ3) is 4.07. The SMILES string of the molecule is O=C(O)C(O)CO.[Co]. The molecule has 0 saturated carbocycles. The first kappa shape index (κ1) is 10.8. The van der Waals surface area contributed by atoms with Crippen LogP contribution in [0.4, 0.5) is 0 Å². The van der Waals surface area contributed by atoms with E-state index in [0.29, 0.717) is 0 Å². The zero-order chi connectivity index (χ0) is 5.86. The van der Waals surface area contributed by atoms with Crippen molar-refractivity contribution in [2.45, 2.75) is 6.10 Å². The van der Waals surface area contributed by atoms with Crippen molar-refractivity contribution in [1.29, 1.82) is 0 Å². The minimum absolute atomic E-state index is 0. The Morgan fingerprint density at radius 3 is 2.00 bits per heavy atom. The zero-order valence-electron chi connectivity index (χ0n) is 3.87. The van der Waals surface area contributed by atoms with Crippen molar-refractivity contribution in [3.8, 4) is 0 Å². The van der Waals surface area contributed by atoms with Crippen LogP contribution in [0.3, 0.4) is 0 Å². The molecule has 0 aliphatic carbocycles. The van der Waals surface area contributed by atoms with Gasteiger partial charge in [0.1, 0.15) is 0 Å². The Morgan fingerprint density at radius 1 is 1.62 bits per heavy atom. The average Bonchev–Trinajstić information content (AvgIpc) is 1.65. The standard InChI is InChI=1S/C3H6O4.Co/c4-1-2(5)3(6)7;/h2,4-5H,1H2,(H,6,7);. The number of carbonyl (C=O) groups is 1. The van der Waals surface area contributed by atoms with Gasteiger partial charge < -0.3 is 15.3 Å². The molecule has 0 aromatic heterocycles. The number of carboxylic acid groups (broad SMARTS) is 1. The van der Waals surface area contributed by atoms with Gasteiger partial charge in [0.05, 0.1) is 6.61 Å². The zero-order valence-corrected chi connectivity index (χ0v) is 4.91. The molecule has 3 N–H and O–H groups in total.